The first kappa shape index (κ1) is 21.8. The van der Waals surface area contributed by atoms with E-state index in [1.807, 2.05) is 32.0 Å². The van der Waals surface area contributed by atoms with Crippen molar-refractivity contribution >= 4 is 29.5 Å². The first-order valence-corrected chi connectivity index (χ1v) is 10.4. The Bertz CT molecular complexity index is 1090. The maximum absolute atomic E-state index is 12.5. The van der Waals surface area contributed by atoms with E-state index in [0.29, 0.717) is 22.3 Å². The summed E-state index contributed by atoms with van der Waals surface area (Å²) in [7, 11) is 0. The number of ether oxygens (including phenoxy) is 2. The highest BCUT2D eigenvalue weighted by atomic mass is 32.2. The average Bonchev–Trinajstić information content (AvgIpc) is 3.06. The molecule has 1 aromatic carbocycles. The van der Waals surface area contributed by atoms with Gasteiger partial charge in [-0.25, -0.2) is 19.1 Å². The van der Waals surface area contributed by atoms with E-state index in [1.165, 1.54) is 11.8 Å². The molecule has 0 spiro atoms. The van der Waals surface area contributed by atoms with Crippen LogP contribution in [-0.4, -0.2) is 43.7 Å². The fourth-order valence-corrected chi connectivity index (χ4v) is 3.59. The maximum atomic E-state index is 12.5. The zero-order chi connectivity index (χ0) is 21.9. The van der Waals surface area contributed by atoms with Gasteiger partial charge >= 0.3 is 11.9 Å². The molecule has 158 valence electrons. The summed E-state index contributed by atoms with van der Waals surface area (Å²) in [5, 5.41) is 5.03. The van der Waals surface area contributed by atoms with E-state index in [-0.39, 0.29) is 0 Å². The van der Waals surface area contributed by atoms with Gasteiger partial charge in [0, 0.05) is 17.1 Å². The molecule has 0 fully saturated rings. The number of carbonyl (C=O) groups is 2. The monoisotopic (exact) mass is 428 g/mol. The molecule has 30 heavy (non-hydrogen) atoms. The summed E-state index contributed by atoms with van der Waals surface area (Å²) in [6.07, 6.45) is 0. The molecule has 0 atom stereocenters. The highest BCUT2D eigenvalue weighted by Crippen LogP contribution is 2.23. The molecule has 0 amide bonds. The van der Waals surface area contributed by atoms with E-state index in [4.69, 9.17) is 9.47 Å². The Morgan fingerprint density at radius 1 is 1.13 bits per heavy atom. The van der Waals surface area contributed by atoms with Crippen molar-refractivity contribution < 1.29 is 19.1 Å². The van der Waals surface area contributed by atoms with Crippen LogP contribution in [0, 0.1) is 13.8 Å². The second kappa shape index (κ2) is 8.83. The van der Waals surface area contributed by atoms with Crippen molar-refractivity contribution in [2.75, 3.05) is 6.61 Å². The molecule has 0 bridgehead atoms. The van der Waals surface area contributed by atoms with Crippen LogP contribution in [0.4, 0.5) is 0 Å². The van der Waals surface area contributed by atoms with Crippen molar-refractivity contribution in [3.8, 4) is 0 Å². The van der Waals surface area contributed by atoms with Gasteiger partial charge in [-0.05, 0) is 52.3 Å². The van der Waals surface area contributed by atoms with Crippen molar-refractivity contribution in [3.05, 3.63) is 52.8 Å². The standard InChI is InChI=1S/C21H24N4O4S/c1-13-10-14(2)25-19(22-13)23-20(24-25)30-12-15-8-6-7-9-16(15)18(27)28-11-17(26)29-21(3,4)5/h6-10H,11-12H2,1-5H3. The van der Waals surface area contributed by atoms with Crippen LogP contribution in [0.5, 0.6) is 0 Å². The molecule has 2 aromatic heterocycles. The van der Waals surface area contributed by atoms with Gasteiger partial charge in [-0.1, -0.05) is 30.0 Å². The number of carbonyl (C=O) groups excluding carboxylic acids is 2. The number of benzene rings is 1. The van der Waals surface area contributed by atoms with Gasteiger partial charge in [-0.15, -0.1) is 5.10 Å². The Morgan fingerprint density at radius 3 is 2.60 bits per heavy atom. The maximum Gasteiger partial charge on any atom is 0.344 e. The summed E-state index contributed by atoms with van der Waals surface area (Å²) in [4.78, 5) is 33.1. The lowest BCUT2D eigenvalue weighted by atomic mass is 10.1. The number of aryl methyl sites for hydroxylation is 2. The second-order valence-electron chi connectivity index (χ2n) is 7.75. The SMILES string of the molecule is Cc1cc(C)n2nc(SCc3ccccc3C(=O)OCC(=O)OC(C)(C)C)nc2n1. The first-order chi connectivity index (χ1) is 14.1. The lowest BCUT2D eigenvalue weighted by Crippen LogP contribution is -2.27. The molecule has 0 N–H and O–H groups in total. The summed E-state index contributed by atoms with van der Waals surface area (Å²) in [5.74, 6) is -0.157. The lowest BCUT2D eigenvalue weighted by Gasteiger charge is -2.19. The fraction of sp³-hybridized carbons (Fsp3) is 0.381. The molecule has 0 radical (unpaired) electrons. The number of aromatic nitrogens is 4. The van der Waals surface area contributed by atoms with Gasteiger partial charge in [0.25, 0.3) is 5.78 Å². The van der Waals surface area contributed by atoms with Gasteiger partial charge < -0.3 is 9.47 Å². The smallest absolute Gasteiger partial charge is 0.344 e. The van der Waals surface area contributed by atoms with E-state index < -0.39 is 24.1 Å². The fourth-order valence-electron chi connectivity index (χ4n) is 2.77. The van der Waals surface area contributed by atoms with E-state index in [1.54, 1.807) is 37.4 Å². The number of thioether (sulfide) groups is 1. The number of hydrogen-bond acceptors (Lipinski definition) is 8. The number of nitrogens with zero attached hydrogens (tertiary/aromatic N) is 4. The van der Waals surface area contributed by atoms with Crippen molar-refractivity contribution in [1.82, 2.24) is 19.6 Å². The van der Waals surface area contributed by atoms with Crippen LogP contribution < -0.4 is 0 Å². The minimum Gasteiger partial charge on any atom is -0.457 e. The van der Waals surface area contributed by atoms with Crippen molar-refractivity contribution in [1.29, 1.82) is 0 Å². The molecule has 0 saturated carbocycles. The van der Waals surface area contributed by atoms with Crippen LogP contribution in [0.2, 0.25) is 0 Å². The van der Waals surface area contributed by atoms with Crippen LogP contribution in [-0.2, 0) is 20.0 Å². The summed E-state index contributed by atoms with van der Waals surface area (Å²) < 4.78 is 12.0. The Hall–Kier alpha value is -2.94. The van der Waals surface area contributed by atoms with Gasteiger partial charge in [0.15, 0.2) is 6.61 Å². The molecule has 3 rings (SSSR count). The molecule has 0 aliphatic carbocycles. The molecular formula is C21H24N4O4S. The number of hydrogen-bond donors (Lipinski definition) is 0. The molecule has 0 saturated heterocycles. The van der Waals surface area contributed by atoms with E-state index in [0.717, 1.165) is 17.0 Å². The Balaban J connectivity index is 1.67. The Morgan fingerprint density at radius 2 is 1.87 bits per heavy atom. The largest absolute Gasteiger partial charge is 0.457 e. The van der Waals surface area contributed by atoms with Gasteiger partial charge in [0.05, 0.1) is 5.56 Å². The predicted molar refractivity (Wildman–Crippen MR) is 112 cm³/mol. The second-order valence-corrected chi connectivity index (χ2v) is 8.70. The molecule has 3 aromatic rings. The van der Waals surface area contributed by atoms with Crippen LogP contribution in [0.3, 0.4) is 0 Å². The number of esters is 2. The van der Waals surface area contributed by atoms with Gasteiger partial charge in [-0.2, -0.15) is 4.98 Å². The molecule has 0 unspecified atom stereocenters. The molecule has 2 heterocycles. The third-order valence-electron chi connectivity index (χ3n) is 3.93. The minimum atomic E-state index is -0.634. The van der Waals surface area contributed by atoms with Crippen LogP contribution >= 0.6 is 11.8 Å². The summed E-state index contributed by atoms with van der Waals surface area (Å²) >= 11 is 1.40. The highest BCUT2D eigenvalue weighted by molar-refractivity contribution is 7.98. The molecule has 0 aliphatic heterocycles. The first-order valence-electron chi connectivity index (χ1n) is 9.43. The van der Waals surface area contributed by atoms with Crippen LogP contribution in [0.15, 0.2) is 35.5 Å². The third kappa shape index (κ3) is 5.56. The number of fused-ring (bicyclic) bond motifs is 1. The van der Waals surface area contributed by atoms with Crippen LogP contribution in [0.25, 0.3) is 5.78 Å². The van der Waals surface area contributed by atoms with Crippen molar-refractivity contribution in [2.45, 2.75) is 51.1 Å². The van der Waals surface area contributed by atoms with E-state index in [9.17, 15) is 9.59 Å². The molecular weight excluding hydrogens is 404 g/mol. The van der Waals surface area contributed by atoms with Gasteiger partial charge in [0.2, 0.25) is 5.16 Å². The van der Waals surface area contributed by atoms with Gasteiger partial charge in [0.1, 0.15) is 5.60 Å². The molecule has 8 nitrogen and oxygen atoms in total. The van der Waals surface area contributed by atoms with E-state index in [2.05, 4.69) is 15.1 Å². The predicted octanol–water partition coefficient (Wildman–Crippen LogP) is 3.53. The third-order valence-corrected chi connectivity index (χ3v) is 4.82. The normalized spacial score (nSPS) is 11.5. The Kier molecular flexibility index (Phi) is 6.40. The quantitative estimate of drug-likeness (QED) is 0.435. The van der Waals surface area contributed by atoms with Gasteiger partial charge in [-0.3, -0.25) is 0 Å². The average molecular weight is 429 g/mol. The highest BCUT2D eigenvalue weighted by Gasteiger charge is 2.19. The zero-order valence-corrected chi connectivity index (χ0v) is 18.4. The lowest BCUT2D eigenvalue weighted by molar-refractivity contribution is -0.158. The van der Waals surface area contributed by atoms with E-state index >= 15 is 0 Å². The minimum absolute atomic E-state index is 0.391. The molecule has 0 aliphatic rings. The topological polar surface area (TPSA) is 95.7 Å². The van der Waals surface area contributed by atoms with Crippen molar-refractivity contribution in [3.63, 3.8) is 0 Å². The van der Waals surface area contributed by atoms with Crippen LogP contribution in [0.1, 0.15) is 48.1 Å². The zero-order valence-electron chi connectivity index (χ0n) is 17.6. The Labute approximate surface area is 179 Å². The molecule has 9 heteroatoms. The summed E-state index contributed by atoms with van der Waals surface area (Å²) in [6.45, 7) is 8.69. The van der Waals surface area contributed by atoms with Crippen molar-refractivity contribution in [2.24, 2.45) is 0 Å². The summed E-state index contributed by atoms with van der Waals surface area (Å²) in [6, 6.07) is 9.02. The summed E-state index contributed by atoms with van der Waals surface area (Å²) in [5.41, 5.74) is 2.34. The number of rotatable bonds is 6.